The summed E-state index contributed by atoms with van der Waals surface area (Å²) < 4.78 is 11.2. The Balaban J connectivity index is 0. The third-order valence-electron chi connectivity index (χ3n) is 4.40. The van der Waals surface area contributed by atoms with Gasteiger partial charge in [-0.1, -0.05) is 54.6 Å². The van der Waals surface area contributed by atoms with Gasteiger partial charge < -0.3 is 19.8 Å². The molecule has 0 fully saturated rings. The monoisotopic (exact) mass is 463 g/mol. The minimum absolute atomic E-state index is 0. The molecule has 0 bridgehead atoms. The standard InChI is InChI=1S/C20H26NO5P.3Na.3H/c1-21(12-6-11-19(20(22)23)27(24,25)26)15-18-10-5-9-17(14-18)13-16-7-3-2-4-8-16;;;;;;/h2-5,7-10,14,19H,6,11-13,15H2,1H3,(H,22,23)(H2,24,25,26);;;;;;. The summed E-state index contributed by atoms with van der Waals surface area (Å²) >= 11 is 0. The molecule has 0 saturated heterocycles. The van der Waals surface area contributed by atoms with Gasteiger partial charge in [-0.2, -0.15) is 0 Å². The number of nitrogens with zero attached hydrogens (tertiary/aromatic N) is 1. The van der Waals surface area contributed by atoms with Crippen molar-refractivity contribution in [2.45, 2.75) is 31.5 Å². The van der Waals surface area contributed by atoms with Crippen molar-refractivity contribution < 1.29 is 24.3 Å². The molecule has 10 heteroatoms. The number of rotatable bonds is 10. The van der Waals surface area contributed by atoms with Gasteiger partial charge in [0.25, 0.3) is 0 Å². The van der Waals surface area contributed by atoms with Gasteiger partial charge in [0.15, 0.2) is 5.66 Å². The normalized spacial score (nSPS) is 11.6. The summed E-state index contributed by atoms with van der Waals surface area (Å²) in [4.78, 5) is 31.3. The van der Waals surface area contributed by atoms with E-state index in [9.17, 15) is 9.36 Å². The van der Waals surface area contributed by atoms with Crippen molar-refractivity contribution in [1.29, 1.82) is 0 Å². The van der Waals surface area contributed by atoms with Crippen LogP contribution >= 0.6 is 7.60 Å². The van der Waals surface area contributed by atoms with Gasteiger partial charge in [0.05, 0.1) is 0 Å². The van der Waals surface area contributed by atoms with Gasteiger partial charge in [-0.15, -0.1) is 0 Å². The number of carboxylic acid groups (broad SMARTS) is 1. The first-order valence-corrected chi connectivity index (χ1v) is 10.5. The van der Waals surface area contributed by atoms with Gasteiger partial charge in [-0.05, 0) is 49.5 Å². The van der Waals surface area contributed by atoms with Crippen LogP contribution in [0.3, 0.4) is 0 Å². The minimum atomic E-state index is -4.62. The molecule has 1 unspecified atom stereocenters. The second-order valence-corrected chi connectivity index (χ2v) is 8.61. The molecule has 0 aromatic heterocycles. The summed E-state index contributed by atoms with van der Waals surface area (Å²) in [5, 5.41) is 8.96. The first kappa shape index (κ1) is 33.2. The van der Waals surface area contributed by atoms with Crippen LogP contribution in [0, 0.1) is 0 Å². The van der Waals surface area contributed by atoms with Crippen molar-refractivity contribution in [3.05, 3.63) is 71.3 Å². The van der Waals surface area contributed by atoms with E-state index in [0.29, 0.717) is 19.5 Å². The Kier molecular flexibility index (Phi) is 18.4. The zero-order valence-electron chi connectivity index (χ0n) is 15.4. The molecule has 6 nitrogen and oxygen atoms in total. The van der Waals surface area contributed by atoms with Gasteiger partial charge in [0, 0.05) is 6.54 Å². The molecule has 0 saturated carbocycles. The molecule has 3 N–H and O–H groups in total. The topological polar surface area (TPSA) is 98.1 Å². The molecule has 30 heavy (non-hydrogen) atoms. The molecular formula is C20H29NNa3O5P. The fraction of sp³-hybridized carbons (Fsp3) is 0.350. The predicted octanol–water partition coefficient (Wildman–Crippen LogP) is 1.17. The first-order valence-electron chi connectivity index (χ1n) is 8.84. The number of carboxylic acids is 1. The molecule has 2 aromatic carbocycles. The number of carbonyl (C=O) groups is 1. The zero-order chi connectivity index (χ0) is 19.9. The van der Waals surface area contributed by atoms with E-state index in [-0.39, 0.29) is 95.1 Å². The van der Waals surface area contributed by atoms with E-state index < -0.39 is 19.2 Å². The van der Waals surface area contributed by atoms with E-state index in [1.807, 2.05) is 42.3 Å². The SMILES string of the molecule is CN(CCCC(C(=O)O)P(=O)(O)O)Cc1cccc(Cc2ccccc2)c1.[NaH].[NaH].[NaH]. The van der Waals surface area contributed by atoms with E-state index in [2.05, 4.69) is 24.3 Å². The van der Waals surface area contributed by atoms with Crippen LogP contribution in [0.15, 0.2) is 54.6 Å². The molecule has 0 aliphatic rings. The van der Waals surface area contributed by atoms with Crippen LogP contribution in [0.1, 0.15) is 29.5 Å². The van der Waals surface area contributed by atoms with Crippen LogP contribution < -0.4 is 0 Å². The Labute approximate surface area is 244 Å². The van der Waals surface area contributed by atoms with Crippen LogP contribution in [0.5, 0.6) is 0 Å². The van der Waals surface area contributed by atoms with Gasteiger partial charge in [-0.25, -0.2) is 0 Å². The van der Waals surface area contributed by atoms with Crippen LogP contribution in [-0.4, -0.2) is 134 Å². The summed E-state index contributed by atoms with van der Waals surface area (Å²) in [7, 11) is -2.70. The molecule has 152 valence electrons. The molecule has 2 rings (SSSR count). The molecule has 2 aromatic rings. The molecule has 1 atom stereocenters. The molecular weight excluding hydrogens is 434 g/mol. The number of aliphatic carboxylic acids is 1. The van der Waals surface area contributed by atoms with Crippen LogP contribution in [0.25, 0.3) is 0 Å². The van der Waals surface area contributed by atoms with Crippen molar-refractivity contribution in [3.8, 4) is 0 Å². The van der Waals surface area contributed by atoms with Crippen molar-refractivity contribution in [3.63, 3.8) is 0 Å². The average molecular weight is 463 g/mol. The van der Waals surface area contributed by atoms with Crippen LogP contribution in [0.4, 0.5) is 0 Å². The average Bonchev–Trinajstić information content (AvgIpc) is 2.58. The molecule has 0 heterocycles. The quantitative estimate of drug-likeness (QED) is 0.362. The fourth-order valence-electron chi connectivity index (χ4n) is 3.05. The van der Waals surface area contributed by atoms with Gasteiger partial charge in [0.2, 0.25) is 0 Å². The van der Waals surface area contributed by atoms with Gasteiger partial charge >= 0.3 is 102 Å². The maximum absolute atomic E-state index is 11.2. The van der Waals surface area contributed by atoms with E-state index in [4.69, 9.17) is 14.9 Å². The van der Waals surface area contributed by atoms with Gasteiger partial charge in [-0.3, -0.25) is 9.36 Å². The van der Waals surface area contributed by atoms with Crippen molar-refractivity contribution >= 4 is 102 Å². The number of hydrogen-bond acceptors (Lipinski definition) is 3. The Morgan fingerprint density at radius 1 is 0.967 bits per heavy atom. The third-order valence-corrected chi connectivity index (χ3v) is 5.69. The summed E-state index contributed by atoms with van der Waals surface area (Å²) in [6.07, 6.45) is 1.22. The fourth-order valence-corrected chi connectivity index (χ4v) is 3.86. The van der Waals surface area contributed by atoms with Crippen LogP contribution in [0.2, 0.25) is 0 Å². The Bertz CT molecular complexity index is 804. The second-order valence-electron chi connectivity index (χ2n) is 6.81. The van der Waals surface area contributed by atoms with E-state index in [1.54, 1.807) is 0 Å². The third kappa shape index (κ3) is 12.3. The van der Waals surface area contributed by atoms with Crippen molar-refractivity contribution in [1.82, 2.24) is 4.90 Å². The summed E-state index contributed by atoms with van der Waals surface area (Å²) in [5.74, 6) is -1.44. The van der Waals surface area contributed by atoms with Crippen LogP contribution in [-0.2, 0) is 22.3 Å². The summed E-state index contributed by atoms with van der Waals surface area (Å²) in [6, 6.07) is 18.5. The summed E-state index contributed by atoms with van der Waals surface area (Å²) in [6.45, 7) is 1.25. The summed E-state index contributed by atoms with van der Waals surface area (Å²) in [5.41, 5.74) is 2.00. The van der Waals surface area contributed by atoms with Gasteiger partial charge in [0.1, 0.15) is 0 Å². The van der Waals surface area contributed by atoms with E-state index in [1.165, 1.54) is 11.1 Å². The molecule has 0 aliphatic carbocycles. The number of benzene rings is 2. The van der Waals surface area contributed by atoms with Crippen molar-refractivity contribution in [2.75, 3.05) is 13.6 Å². The number of hydrogen-bond donors (Lipinski definition) is 3. The van der Waals surface area contributed by atoms with E-state index in [0.717, 1.165) is 12.0 Å². The molecule has 0 spiro atoms. The Morgan fingerprint density at radius 3 is 2.10 bits per heavy atom. The Hall–Kier alpha value is 1.02. The zero-order valence-corrected chi connectivity index (χ0v) is 16.3. The predicted molar refractivity (Wildman–Crippen MR) is 126 cm³/mol. The van der Waals surface area contributed by atoms with E-state index >= 15 is 0 Å². The molecule has 0 radical (unpaired) electrons. The molecule has 0 aliphatic heterocycles. The maximum atomic E-state index is 11.2. The first-order chi connectivity index (χ1) is 12.8. The Morgan fingerprint density at radius 2 is 1.53 bits per heavy atom. The van der Waals surface area contributed by atoms with Crippen molar-refractivity contribution in [2.24, 2.45) is 0 Å². The second kappa shape index (κ2) is 16.6. The molecule has 0 amide bonds.